The number of likely N-dealkylation sites (tertiary alicyclic amines) is 2. The maximum absolute atomic E-state index is 14.1. The fraction of sp³-hybridized carbons (Fsp3) is 0.423. The lowest BCUT2D eigenvalue weighted by atomic mass is 9.88. The molecular formula is C26H28FN3O5. The van der Waals surface area contributed by atoms with Crippen molar-refractivity contribution in [3.63, 3.8) is 0 Å². The molecule has 35 heavy (non-hydrogen) atoms. The summed E-state index contributed by atoms with van der Waals surface area (Å²) in [5.41, 5.74) is 0.437. The van der Waals surface area contributed by atoms with Crippen LogP contribution in [0.25, 0.3) is 0 Å². The fourth-order valence-corrected chi connectivity index (χ4v) is 5.02. The number of carbonyl (C=O) groups excluding carboxylic acids is 3. The summed E-state index contributed by atoms with van der Waals surface area (Å²) < 4.78 is 24.8. The predicted octanol–water partition coefficient (Wildman–Crippen LogP) is 2.83. The van der Waals surface area contributed by atoms with E-state index < -0.39 is 11.9 Å². The van der Waals surface area contributed by atoms with E-state index in [-0.39, 0.29) is 36.0 Å². The van der Waals surface area contributed by atoms with Crippen molar-refractivity contribution in [1.82, 2.24) is 15.1 Å². The summed E-state index contributed by atoms with van der Waals surface area (Å²) in [6.45, 7) is 2.25. The van der Waals surface area contributed by atoms with Gasteiger partial charge in [-0.3, -0.25) is 14.4 Å². The van der Waals surface area contributed by atoms with E-state index in [9.17, 15) is 18.8 Å². The van der Waals surface area contributed by atoms with Crippen LogP contribution in [0.4, 0.5) is 4.39 Å². The molecule has 0 saturated carbocycles. The Bertz CT molecular complexity index is 1130. The van der Waals surface area contributed by atoms with E-state index in [0.717, 1.165) is 12.8 Å². The Morgan fingerprint density at radius 2 is 1.63 bits per heavy atom. The molecule has 5 rings (SSSR count). The first-order valence-electron chi connectivity index (χ1n) is 12.0. The predicted molar refractivity (Wildman–Crippen MR) is 125 cm³/mol. The average molecular weight is 482 g/mol. The average Bonchev–Trinajstić information content (AvgIpc) is 3.59. The van der Waals surface area contributed by atoms with E-state index in [1.54, 1.807) is 35.2 Å². The highest BCUT2D eigenvalue weighted by Crippen LogP contribution is 2.33. The van der Waals surface area contributed by atoms with Gasteiger partial charge in [0.2, 0.25) is 12.7 Å². The molecule has 9 heteroatoms. The number of hydrogen-bond acceptors (Lipinski definition) is 5. The Hall–Kier alpha value is -3.62. The number of nitrogens with zero attached hydrogens (tertiary/aromatic N) is 2. The molecule has 1 atom stereocenters. The maximum Gasteiger partial charge on any atom is 0.256 e. The van der Waals surface area contributed by atoms with Crippen molar-refractivity contribution in [3.05, 3.63) is 59.4 Å². The second-order valence-corrected chi connectivity index (χ2v) is 9.16. The first-order chi connectivity index (χ1) is 17.0. The summed E-state index contributed by atoms with van der Waals surface area (Å²) in [6.07, 6.45) is 2.96. The molecule has 3 heterocycles. The van der Waals surface area contributed by atoms with Gasteiger partial charge in [0, 0.05) is 31.7 Å². The van der Waals surface area contributed by atoms with Crippen LogP contribution in [-0.4, -0.2) is 66.5 Å². The summed E-state index contributed by atoms with van der Waals surface area (Å²) in [5, 5.41) is 2.97. The molecular weight excluding hydrogens is 453 g/mol. The molecule has 0 unspecified atom stereocenters. The number of piperidine rings is 1. The van der Waals surface area contributed by atoms with Crippen LogP contribution in [0.15, 0.2) is 42.5 Å². The zero-order valence-corrected chi connectivity index (χ0v) is 19.4. The van der Waals surface area contributed by atoms with E-state index in [1.807, 2.05) is 4.90 Å². The highest BCUT2D eigenvalue weighted by atomic mass is 19.1. The van der Waals surface area contributed by atoms with Crippen molar-refractivity contribution >= 4 is 17.7 Å². The highest BCUT2D eigenvalue weighted by Gasteiger charge is 2.37. The van der Waals surface area contributed by atoms with Crippen LogP contribution in [0, 0.1) is 11.7 Å². The number of carbonyl (C=O) groups is 3. The molecule has 2 fully saturated rings. The first kappa shape index (κ1) is 23.1. The van der Waals surface area contributed by atoms with Gasteiger partial charge in [-0.25, -0.2) is 4.39 Å². The SMILES string of the molecule is O=C(N[C@H](C(=O)N1CCCC1)C1CCN(C(=O)c2ccccc2F)CC1)c1ccc2c(c1)OCO2. The molecule has 3 amide bonds. The minimum atomic E-state index is -0.697. The normalized spacial score (nSPS) is 18.4. The molecule has 1 N–H and O–H groups in total. The van der Waals surface area contributed by atoms with Gasteiger partial charge in [-0.1, -0.05) is 12.1 Å². The summed E-state index contributed by atoms with van der Waals surface area (Å²) in [7, 11) is 0. The van der Waals surface area contributed by atoms with Gasteiger partial charge >= 0.3 is 0 Å². The standard InChI is InChI=1S/C26H28FN3O5/c27-20-6-2-1-5-19(20)25(32)30-13-9-17(10-14-30)23(26(33)29-11-3-4-12-29)28-24(31)18-7-8-21-22(15-18)35-16-34-21/h1-2,5-8,15,17,23H,3-4,9-14,16H2,(H,28,31)/t23-/m0/s1. The number of ether oxygens (including phenoxy) is 2. The van der Waals surface area contributed by atoms with Crippen molar-refractivity contribution in [2.75, 3.05) is 33.0 Å². The Morgan fingerprint density at radius 3 is 2.37 bits per heavy atom. The Kier molecular flexibility index (Phi) is 6.57. The molecule has 0 radical (unpaired) electrons. The van der Waals surface area contributed by atoms with E-state index >= 15 is 0 Å². The number of halogens is 1. The summed E-state index contributed by atoms with van der Waals surface area (Å²) in [6, 6.07) is 10.2. The molecule has 0 aliphatic carbocycles. The van der Waals surface area contributed by atoms with Crippen molar-refractivity contribution < 1.29 is 28.2 Å². The quantitative estimate of drug-likeness (QED) is 0.710. The van der Waals surface area contributed by atoms with Gasteiger partial charge < -0.3 is 24.6 Å². The lowest BCUT2D eigenvalue weighted by Gasteiger charge is -2.37. The fourth-order valence-electron chi connectivity index (χ4n) is 5.02. The van der Waals surface area contributed by atoms with Gasteiger partial charge in [0.25, 0.3) is 11.8 Å². The zero-order chi connectivity index (χ0) is 24.4. The molecule has 0 aromatic heterocycles. The molecule has 2 aromatic carbocycles. The zero-order valence-electron chi connectivity index (χ0n) is 19.4. The topological polar surface area (TPSA) is 88.2 Å². The molecule has 2 saturated heterocycles. The van der Waals surface area contributed by atoms with Gasteiger partial charge in [-0.2, -0.15) is 0 Å². The second-order valence-electron chi connectivity index (χ2n) is 9.16. The highest BCUT2D eigenvalue weighted by molar-refractivity contribution is 5.98. The van der Waals surface area contributed by atoms with Crippen LogP contribution in [0.3, 0.4) is 0 Å². The molecule has 2 aromatic rings. The third kappa shape index (κ3) is 4.80. The molecule has 8 nitrogen and oxygen atoms in total. The molecule has 3 aliphatic rings. The molecule has 0 bridgehead atoms. The largest absolute Gasteiger partial charge is 0.454 e. The Morgan fingerprint density at radius 1 is 0.914 bits per heavy atom. The Labute approximate surface area is 203 Å². The lowest BCUT2D eigenvalue weighted by Crippen LogP contribution is -2.54. The monoisotopic (exact) mass is 481 g/mol. The lowest BCUT2D eigenvalue weighted by molar-refractivity contribution is -0.134. The van der Waals surface area contributed by atoms with Crippen LogP contribution in [0.1, 0.15) is 46.4 Å². The van der Waals surface area contributed by atoms with Crippen molar-refractivity contribution in [3.8, 4) is 11.5 Å². The van der Waals surface area contributed by atoms with E-state index in [1.165, 1.54) is 12.1 Å². The minimum Gasteiger partial charge on any atom is -0.454 e. The van der Waals surface area contributed by atoms with Crippen LogP contribution in [0.2, 0.25) is 0 Å². The summed E-state index contributed by atoms with van der Waals surface area (Å²) in [5.74, 6) is -0.392. The van der Waals surface area contributed by atoms with E-state index in [2.05, 4.69) is 5.32 Å². The van der Waals surface area contributed by atoms with Crippen LogP contribution in [0.5, 0.6) is 11.5 Å². The summed E-state index contributed by atoms with van der Waals surface area (Å²) >= 11 is 0. The van der Waals surface area contributed by atoms with Crippen LogP contribution >= 0.6 is 0 Å². The van der Waals surface area contributed by atoms with Crippen LogP contribution < -0.4 is 14.8 Å². The minimum absolute atomic E-state index is 0.0479. The van der Waals surface area contributed by atoms with Gasteiger partial charge in [-0.15, -0.1) is 0 Å². The van der Waals surface area contributed by atoms with Crippen molar-refractivity contribution in [2.45, 2.75) is 31.7 Å². The smallest absolute Gasteiger partial charge is 0.256 e. The summed E-state index contributed by atoms with van der Waals surface area (Å²) in [4.78, 5) is 42.8. The number of rotatable bonds is 5. The number of nitrogens with one attached hydrogen (secondary N) is 1. The van der Waals surface area contributed by atoms with Gasteiger partial charge in [-0.05, 0) is 61.9 Å². The molecule has 3 aliphatic heterocycles. The van der Waals surface area contributed by atoms with E-state index in [0.29, 0.717) is 56.1 Å². The maximum atomic E-state index is 14.1. The molecule has 184 valence electrons. The van der Waals surface area contributed by atoms with E-state index in [4.69, 9.17) is 9.47 Å². The number of fused-ring (bicyclic) bond motifs is 1. The molecule has 0 spiro atoms. The third-order valence-electron chi connectivity index (χ3n) is 7.01. The third-order valence-corrected chi connectivity index (χ3v) is 7.01. The number of hydrogen-bond donors (Lipinski definition) is 1. The second kappa shape index (κ2) is 9.93. The van der Waals surface area contributed by atoms with Gasteiger partial charge in [0.05, 0.1) is 5.56 Å². The van der Waals surface area contributed by atoms with Gasteiger partial charge in [0.1, 0.15) is 11.9 Å². The van der Waals surface area contributed by atoms with Crippen molar-refractivity contribution in [2.24, 2.45) is 5.92 Å². The van der Waals surface area contributed by atoms with Crippen LogP contribution in [-0.2, 0) is 4.79 Å². The number of benzene rings is 2. The number of amides is 3. The van der Waals surface area contributed by atoms with Crippen molar-refractivity contribution in [1.29, 1.82) is 0 Å². The van der Waals surface area contributed by atoms with Gasteiger partial charge in [0.15, 0.2) is 11.5 Å². The Balaban J connectivity index is 1.29. The first-order valence-corrected chi connectivity index (χ1v) is 12.0.